The number of Topliss-reactive ketones (excluding diaryl/α,β-unsaturated/α-hetero) is 2. The molecule has 0 fully saturated rings. The number of esters is 8. The second kappa shape index (κ2) is 77.8. The van der Waals surface area contributed by atoms with Crippen LogP contribution in [0, 0.1) is 10.8 Å². The first-order chi connectivity index (χ1) is 56.2. The van der Waals surface area contributed by atoms with E-state index in [1.165, 1.54) is 21.1 Å². The van der Waals surface area contributed by atoms with Gasteiger partial charge >= 0.3 is 53.8 Å². The van der Waals surface area contributed by atoms with Crippen LogP contribution in [-0.2, 0) is 92.1 Å². The van der Waals surface area contributed by atoms with Crippen molar-refractivity contribution < 1.29 is 120 Å². The quantitative estimate of drug-likeness (QED) is 0.0105. The molecule has 4 N–H and O–H groups in total. The lowest BCUT2D eigenvalue weighted by Gasteiger charge is -2.20. The maximum Gasteiger partial charge on any atom is 0.407 e. The minimum absolute atomic E-state index is 0.00389. The summed E-state index contributed by atoms with van der Waals surface area (Å²) in [5.41, 5.74) is 5.35. The molecular weight excluding hydrogens is 1560 g/mol. The van der Waals surface area contributed by atoms with Gasteiger partial charge in [-0.1, -0.05) is 150 Å². The van der Waals surface area contributed by atoms with E-state index < -0.39 is 29.4 Å². The third-order valence-electron chi connectivity index (χ3n) is 16.5. The van der Waals surface area contributed by atoms with Crippen molar-refractivity contribution in [1.29, 1.82) is 0 Å². The number of nitrogens with one attached hydrogen (secondary N) is 1. The number of alkyl carbamates (subject to hydrolysis) is 1. The zero-order chi connectivity index (χ0) is 95.7. The Morgan fingerprint density at radius 1 is 0.455 bits per heavy atom. The minimum atomic E-state index is -0.523. The van der Waals surface area contributed by atoms with E-state index in [0.717, 1.165) is 85.6 Å². The standard InChI is InChI=1S/C17H22O4.C17H16O2.C11H19NO4.C9H16O4.2C8H14O2.C7H14O2.C6H12O2.3C4H10O/c1-5-13-7-9-14(10-8-13)21-15(18)11-12-20-16(19)17(3,4)6-2;1-12(18)16-7-3-5-14(10-16)9-15-6-4-8-17(11-15)13(2)19;1-5-9(4)16-11(14)12-6-7-15-10(13)8(2)3;1-7(2)9(10)13-6-8(12-4)5-11-3;2*1-5-7(4)10-8(9)6(2)3;1-5-7(2,3)6(8)9-4;1-4-5(2)8-6(3)7;3*1-3-4(2)5/h5,7-10H,1,6,11-12H2,2-4H3;3-8,10-11H,9H2,1-2H3;9H,2,5-7H2,1,3-4H3,(H,12,14);8H,1,5-6H2,2-4H3;2*7H,2,5H2,1,3-4H3;5H2,1-4H3;5H,4H2,1-3H3;3*4-5H,3H2,1-2H3. The lowest BCUT2D eigenvalue weighted by Crippen LogP contribution is -2.31. The predicted octanol–water partition coefficient (Wildman–Crippen LogP) is 18.8. The number of hydrogen-bond donors (Lipinski definition) is 4. The summed E-state index contributed by atoms with van der Waals surface area (Å²) in [6.45, 7) is 67.1. The highest BCUT2D eigenvalue weighted by molar-refractivity contribution is 5.95. The van der Waals surface area contributed by atoms with E-state index >= 15 is 0 Å². The van der Waals surface area contributed by atoms with E-state index in [4.69, 9.17) is 62.7 Å². The summed E-state index contributed by atoms with van der Waals surface area (Å²) >= 11 is 0. The van der Waals surface area contributed by atoms with Crippen LogP contribution < -0.4 is 10.1 Å². The van der Waals surface area contributed by atoms with E-state index in [1.54, 1.807) is 107 Å². The van der Waals surface area contributed by atoms with Crippen LogP contribution in [0.25, 0.3) is 6.08 Å². The smallest absolute Gasteiger partial charge is 0.407 e. The van der Waals surface area contributed by atoms with Gasteiger partial charge in [0.2, 0.25) is 0 Å². The highest BCUT2D eigenvalue weighted by Crippen LogP contribution is 2.23. The Bertz CT molecular complexity index is 3310. The number of aliphatic hydroxyl groups is 3. The van der Waals surface area contributed by atoms with Gasteiger partial charge in [-0.3, -0.25) is 28.8 Å². The molecule has 0 aliphatic carbocycles. The topological polar surface area (TPSA) is 362 Å². The Hall–Kier alpha value is -9.47. The molecule has 1 amide bonds. The van der Waals surface area contributed by atoms with E-state index in [-0.39, 0.29) is 128 Å². The average molecular weight is 1710 g/mol. The highest BCUT2D eigenvalue weighted by atomic mass is 16.6. The van der Waals surface area contributed by atoms with Crippen LogP contribution >= 0.6 is 0 Å². The summed E-state index contributed by atoms with van der Waals surface area (Å²) in [6.07, 6.45) is 8.81. The Kier molecular flexibility index (Phi) is 81.8. The molecule has 3 aromatic carbocycles. The fourth-order valence-corrected chi connectivity index (χ4v) is 6.37. The molecule has 26 nitrogen and oxygen atoms in total. The molecule has 0 saturated heterocycles. The summed E-state index contributed by atoms with van der Waals surface area (Å²) < 4.78 is 53.8. The molecule has 0 heterocycles. The fourth-order valence-electron chi connectivity index (χ4n) is 6.37. The normalized spacial score (nSPS) is 11.9. The molecule has 0 bridgehead atoms. The van der Waals surface area contributed by atoms with E-state index in [1.807, 2.05) is 159 Å². The van der Waals surface area contributed by atoms with Gasteiger partial charge in [0.25, 0.3) is 0 Å². The Balaban J connectivity index is -0.000000199. The molecule has 3 rings (SSSR count). The number of carbonyl (C=O) groups is 11. The summed E-state index contributed by atoms with van der Waals surface area (Å²) in [5, 5.41) is 27.6. The van der Waals surface area contributed by atoms with Crippen LogP contribution in [0.5, 0.6) is 5.75 Å². The minimum Gasteiger partial charge on any atom is -0.469 e. The van der Waals surface area contributed by atoms with Gasteiger partial charge < -0.3 is 72.7 Å². The average Bonchev–Trinajstić information content (AvgIpc) is 0.869. The maximum atomic E-state index is 11.7. The second-order valence-corrected chi connectivity index (χ2v) is 29.4. The van der Waals surface area contributed by atoms with Crippen LogP contribution in [0.15, 0.2) is 128 Å². The molecule has 0 spiro atoms. The van der Waals surface area contributed by atoms with Crippen molar-refractivity contribution in [2.24, 2.45) is 10.8 Å². The first kappa shape index (κ1) is 127. The van der Waals surface area contributed by atoms with Crippen molar-refractivity contribution in [3.8, 4) is 5.75 Å². The molecule has 0 aromatic heterocycles. The van der Waals surface area contributed by atoms with E-state index in [9.17, 15) is 52.7 Å². The summed E-state index contributed by atoms with van der Waals surface area (Å²) in [5.74, 6) is -1.91. The molecule has 0 saturated carbocycles. The molecular formula is C95H157NO25. The third kappa shape index (κ3) is 80.0. The van der Waals surface area contributed by atoms with Crippen molar-refractivity contribution in [3.05, 3.63) is 156 Å². The van der Waals surface area contributed by atoms with Gasteiger partial charge in [0.1, 0.15) is 37.8 Å². The van der Waals surface area contributed by atoms with Crippen LogP contribution in [0.3, 0.4) is 0 Å². The second-order valence-electron chi connectivity index (χ2n) is 29.4. The van der Waals surface area contributed by atoms with Gasteiger partial charge in [-0.2, -0.15) is 0 Å². The number of benzene rings is 3. The Morgan fingerprint density at radius 3 is 1.12 bits per heavy atom. The van der Waals surface area contributed by atoms with E-state index in [0.29, 0.717) is 41.1 Å². The lowest BCUT2D eigenvalue weighted by atomic mass is 9.91. The zero-order valence-electron chi connectivity index (χ0n) is 79.3. The molecule has 0 aliphatic heterocycles. The van der Waals surface area contributed by atoms with Crippen molar-refractivity contribution in [2.75, 3.05) is 54.3 Å². The van der Waals surface area contributed by atoms with Gasteiger partial charge in [-0.25, -0.2) is 24.0 Å². The highest BCUT2D eigenvalue weighted by Gasteiger charge is 2.28. The van der Waals surface area contributed by atoms with Crippen molar-refractivity contribution in [3.63, 3.8) is 0 Å². The number of methoxy groups -OCH3 is 3. The number of hydrogen-bond acceptors (Lipinski definition) is 25. The van der Waals surface area contributed by atoms with Crippen molar-refractivity contribution >= 4 is 71.5 Å². The number of rotatable bonds is 36. The predicted molar refractivity (Wildman–Crippen MR) is 481 cm³/mol. The van der Waals surface area contributed by atoms with Gasteiger partial charge in [0.05, 0.1) is 74.1 Å². The number of carbonyl (C=O) groups excluding carboxylic acids is 11. The molecule has 3 aromatic rings. The maximum absolute atomic E-state index is 11.7. The molecule has 121 heavy (non-hydrogen) atoms. The first-order valence-electron chi connectivity index (χ1n) is 41.1. The molecule has 0 aliphatic rings. The van der Waals surface area contributed by atoms with Crippen LogP contribution in [0.4, 0.5) is 4.79 Å². The molecule has 692 valence electrons. The number of aliphatic hydroxyl groups excluding tert-OH is 3. The van der Waals surface area contributed by atoms with Crippen molar-refractivity contribution in [1.82, 2.24) is 5.32 Å². The molecule has 26 heteroatoms. The van der Waals surface area contributed by atoms with Gasteiger partial charge in [0.15, 0.2) is 11.6 Å². The van der Waals surface area contributed by atoms with Gasteiger partial charge in [-0.05, 0) is 223 Å². The summed E-state index contributed by atoms with van der Waals surface area (Å²) in [6, 6.07) is 22.2. The van der Waals surface area contributed by atoms with Crippen LogP contribution in [0.2, 0.25) is 0 Å². The van der Waals surface area contributed by atoms with Gasteiger partial charge in [0, 0.05) is 54.6 Å². The summed E-state index contributed by atoms with van der Waals surface area (Å²) in [7, 11) is 4.52. The molecule has 0 radical (unpaired) electrons. The summed E-state index contributed by atoms with van der Waals surface area (Å²) in [4.78, 5) is 122. The Labute approximate surface area is 726 Å². The van der Waals surface area contributed by atoms with Gasteiger partial charge in [-0.15, -0.1) is 0 Å². The lowest BCUT2D eigenvalue weighted by molar-refractivity contribution is -0.155. The number of ketones is 2. The SMILES string of the molecule is C=C(C)C(=O)OC(C)CC.C=C(C)C(=O)OC(C)CC.C=C(C)C(=O)OCC(COC)OC.C=C(C)C(=O)OCCNC(=O)OC(C)CC.C=Cc1ccc(OC(=O)CCOC(=O)C(C)(C)CC)cc1.CC(=O)c1cccc(Cc2cccc(C(C)=O)c2)c1.CCC(C)(C)C(=O)OC.CCC(C)O.CCC(C)O.CCC(C)O.CCC(C)OC(C)=O. The molecule has 8 atom stereocenters. The fraction of sp³-hybridized carbons (Fsp3) is 0.589. The third-order valence-corrected chi connectivity index (χ3v) is 16.5. The van der Waals surface area contributed by atoms with E-state index in [2.05, 4.69) is 42.9 Å². The zero-order valence-corrected chi connectivity index (χ0v) is 79.3. The number of amides is 1. The molecule has 8 unspecified atom stereocenters. The Morgan fingerprint density at radius 2 is 0.818 bits per heavy atom. The van der Waals surface area contributed by atoms with Crippen molar-refractivity contribution in [2.45, 2.75) is 306 Å². The number of ether oxygens (including phenoxy) is 11. The first-order valence-corrected chi connectivity index (χ1v) is 41.1. The van der Waals surface area contributed by atoms with Crippen LogP contribution in [-0.4, -0.2) is 184 Å². The largest absolute Gasteiger partial charge is 0.469 e. The monoisotopic (exact) mass is 1710 g/mol. The van der Waals surface area contributed by atoms with Crippen LogP contribution in [0.1, 0.15) is 289 Å².